The van der Waals surface area contributed by atoms with Crippen LogP contribution in [0.5, 0.6) is 0 Å². The zero-order chi connectivity index (χ0) is 12.7. The fraction of sp³-hybridized carbons (Fsp3) is 0.182. The maximum absolute atomic E-state index is 11.2. The minimum Gasteiger partial charge on any atom is -0.448 e. The lowest BCUT2D eigenvalue weighted by atomic mass is 10.2. The van der Waals surface area contributed by atoms with E-state index in [0.717, 1.165) is 0 Å². The average molecular weight is 253 g/mol. The van der Waals surface area contributed by atoms with Gasteiger partial charge >= 0.3 is 6.09 Å². The Balaban J connectivity index is 2.57. The molecule has 17 heavy (non-hydrogen) atoms. The summed E-state index contributed by atoms with van der Waals surface area (Å²) in [5, 5.41) is 10.1. The minimum absolute atomic E-state index is 0.0243. The van der Waals surface area contributed by atoms with Crippen LogP contribution in [0.1, 0.15) is 16.8 Å². The molecule has 0 saturated heterocycles. The topological polar surface area (TPSA) is 79.2 Å². The Hall–Kier alpha value is -2.06. The van der Waals surface area contributed by atoms with Crippen LogP contribution in [0.4, 0.5) is 10.5 Å². The fourth-order valence-corrected chi connectivity index (χ4v) is 1.18. The Kier molecular flexibility index (Phi) is 4.98. The standard InChI is InChI=1S/C11H9ClN2O3/c12-10(15)8-3-1-4-9(7-8)14-11(16)17-6-2-5-13/h1,3-4,7H,2,6H2,(H,14,16). The third-order valence-electron chi connectivity index (χ3n) is 1.78. The molecule has 1 N–H and O–H groups in total. The highest BCUT2D eigenvalue weighted by Gasteiger charge is 2.06. The van der Waals surface area contributed by atoms with Gasteiger partial charge in [0.2, 0.25) is 0 Å². The zero-order valence-electron chi connectivity index (χ0n) is 8.77. The van der Waals surface area contributed by atoms with E-state index in [9.17, 15) is 9.59 Å². The van der Waals surface area contributed by atoms with Gasteiger partial charge in [0.25, 0.3) is 5.24 Å². The maximum Gasteiger partial charge on any atom is 0.411 e. The zero-order valence-corrected chi connectivity index (χ0v) is 9.53. The van der Waals surface area contributed by atoms with Gasteiger partial charge in [-0.2, -0.15) is 5.26 Å². The summed E-state index contributed by atoms with van der Waals surface area (Å²) in [7, 11) is 0. The summed E-state index contributed by atoms with van der Waals surface area (Å²) >= 11 is 5.30. The number of benzene rings is 1. The maximum atomic E-state index is 11.2. The van der Waals surface area contributed by atoms with E-state index >= 15 is 0 Å². The average Bonchev–Trinajstić information content (AvgIpc) is 2.29. The summed E-state index contributed by atoms with van der Waals surface area (Å²) < 4.78 is 4.70. The molecule has 0 aliphatic heterocycles. The number of carbonyl (C=O) groups is 2. The van der Waals surface area contributed by atoms with Crippen LogP contribution in [0.25, 0.3) is 0 Å². The van der Waals surface area contributed by atoms with E-state index in [4.69, 9.17) is 21.6 Å². The number of hydrogen-bond donors (Lipinski definition) is 1. The second-order valence-electron chi connectivity index (χ2n) is 3.02. The second-order valence-corrected chi connectivity index (χ2v) is 3.37. The molecule has 1 amide bonds. The lowest BCUT2D eigenvalue weighted by Crippen LogP contribution is -2.14. The molecule has 1 aromatic carbocycles. The van der Waals surface area contributed by atoms with Crippen molar-refractivity contribution in [1.82, 2.24) is 0 Å². The summed E-state index contributed by atoms with van der Waals surface area (Å²) in [6.45, 7) is 0.0243. The molecule has 0 radical (unpaired) electrons. The molecule has 1 rings (SSSR count). The van der Waals surface area contributed by atoms with Crippen molar-refractivity contribution in [2.24, 2.45) is 0 Å². The minimum atomic E-state index is -0.681. The molecule has 88 valence electrons. The van der Waals surface area contributed by atoms with Crippen LogP contribution in [0.3, 0.4) is 0 Å². The largest absolute Gasteiger partial charge is 0.448 e. The number of hydrogen-bond acceptors (Lipinski definition) is 4. The Morgan fingerprint density at radius 1 is 1.47 bits per heavy atom. The van der Waals surface area contributed by atoms with Crippen molar-refractivity contribution >= 4 is 28.6 Å². The SMILES string of the molecule is N#CCCOC(=O)Nc1cccc(C(=O)Cl)c1. The van der Waals surface area contributed by atoms with Crippen LogP contribution in [0.15, 0.2) is 24.3 Å². The molecule has 0 spiro atoms. The number of nitrogens with zero attached hydrogens (tertiary/aromatic N) is 1. The fourth-order valence-electron chi connectivity index (χ4n) is 1.06. The molecule has 1 aromatic rings. The van der Waals surface area contributed by atoms with Gasteiger partial charge in [0.1, 0.15) is 6.61 Å². The highest BCUT2D eigenvalue weighted by Crippen LogP contribution is 2.12. The van der Waals surface area contributed by atoms with Gasteiger partial charge in [-0.1, -0.05) is 6.07 Å². The molecule has 6 heteroatoms. The number of ether oxygens (including phenoxy) is 1. The summed E-state index contributed by atoms with van der Waals surface area (Å²) in [6, 6.07) is 7.98. The van der Waals surface area contributed by atoms with Crippen LogP contribution >= 0.6 is 11.6 Å². The van der Waals surface area contributed by atoms with E-state index in [1.165, 1.54) is 12.1 Å². The Morgan fingerprint density at radius 3 is 2.88 bits per heavy atom. The third-order valence-corrected chi connectivity index (χ3v) is 2.00. The molecule has 0 atom stereocenters. The van der Waals surface area contributed by atoms with Crippen molar-refractivity contribution in [3.63, 3.8) is 0 Å². The summed E-state index contributed by atoms with van der Waals surface area (Å²) in [4.78, 5) is 22.1. The molecular weight excluding hydrogens is 244 g/mol. The summed E-state index contributed by atoms with van der Waals surface area (Å²) in [5.74, 6) is 0. The lowest BCUT2D eigenvalue weighted by molar-refractivity contribution is 0.108. The molecule has 0 bridgehead atoms. The number of nitriles is 1. The van der Waals surface area contributed by atoms with E-state index in [1.54, 1.807) is 12.1 Å². The van der Waals surface area contributed by atoms with Gasteiger partial charge in [0.05, 0.1) is 12.5 Å². The van der Waals surface area contributed by atoms with E-state index in [-0.39, 0.29) is 18.6 Å². The molecule has 0 unspecified atom stereocenters. The van der Waals surface area contributed by atoms with Gasteiger partial charge in [0.15, 0.2) is 0 Å². The monoisotopic (exact) mass is 252 g/mol. The Bertz CT molecular complexity index is 468. The number of amides is 1. The number of rotatable bonds is 4. The molecule has 0 aromatic heterocycles. The first kappa shape index (κ1) is 13.0. The van der Waals surface area contributed by atoms with Crippen LogP contribution in [0, 0.1) is 11.3 Å². The van der Waals surface area contributed by atoms with Crippen molar-refractivity contribution in [2.45, 2.75) is 6.42 Å². The van der Waals surface area contributed by atoms with Gasteiger partial charge in [-0.3, -0.25) is 10.1 Å². The van der Waals surface area contributed by atoms with E-state index in [2.05, 4.69) is 5.32 Å². The van der Waals surface area contributed by atoms with Crippen molar-refractivity contribution in [3.05, 3.63) is 29.8 Å². The van der Waals surface area contributed by atoms with Gasteiger partial charge < -0.3 is 4.74 Å². The number of halogens is 1. The molecule has 5 nitrogen and oxygen atoms in total. The van der Waals surface area contributed by atoms with Gasteiger partial charge in [-0.15, -0.1) is 0 Å². The van der Waals surface area contributed by atoms with Crippen LogP contribution in [-0.4, -0.2) is 17.9 Å². The summed E-state index contributed by atoms with van der Waals surface area (Å²) in [5.41, 5.74) is 0.681. The van der Waals surface area contributed by atoms with Crippen molar-refractivity contribution in [2.75, 3.05) is 11.9 Å². The Morgan fingerprint density at radius 2 is 2.24 bits per heavy atom. The lowest BCUT2D eigenvalue weighted by Gasteiger charge is -2.05. The van der Waals surface area contributed by atoms with Crippen LogP contribution in [-0.2, 0) is 4.74 Å². The number of carbonyl (C=O) groups excluding carboxylic acids is 2. The highest BCUT2D eigenvalue weighted by molar-refractivity contribution is 6.67. The number of anilines is 1. The predicted octanol–water partition coefficient (Wildman–Crippen LogP) is 2.53. The first-order valence-corrected chi connectivity index (χ1v) is 5.12. The van der Waals surface area contributed by atoms with E-state index < -0.39 is 11.3 Å². The van der Waals surface area contributed by atoms with Crippen LogP contribution < -0.4 is 5.32 Å². The van der Waals surface area contributed by atoms with Gasteiger partial charge in [-0.25, -0.2) is 4.79 Å². The van der Waals surface area contributed by atoms with Gasteiger partial charge in [-0.05, 0) is 29.8 Å². The molecule has 0 fully saturated rings. The first-order valence-electron chi connectivity index (χ1n) is 4.74. The normalized spacial score (nSPS) is 9.18. The van der Waals surface area contributed by atoms with Crippen LogP contribution in [0.2, 0.25) is 0 Å². The van der Waals surface area contributed by atoms with Gasteiger partial charge in [0, 0.05) is 11.3 Å². The highest BCUT2D eigenvalue weighted by atomic mass is 35.5. The molecule has 0 aliphatic rings. The third kappa shape index (κ3) is 4.53. The summed E-state index contributed by atoms with van der Waals surface area (Å²) in [6.07, 6.45) is -0.549. The predicted molar refractivity (Wildman–Crippen MR) is 61.8 cm³/mol. The second kappa shape index (κ2) is 6.51. The molecule has 0 saturated carbocycles. The van der Waals surface area contributed by atoms with E-state index in [1.807, 2.05) is 6.07 Å². The first-order chi connectivity index (χ1) is 8.13. The quantitative estimate of drug-likeness (QED) is 0.660. The van der Waals surface area contributed by atoms with E-state index in [0.29, 0.717) is 5.69 Å². The number of nitrogens with one attached hydrogen (secondary N) is 1. The molecular formula is C11H9ClN2O3. The molecule has 0 aliphatic carbocycles. The Labute approximate surface area is 103 Å². The molecule has 0 heterocycles. The van der Waals surface area contributed by atoms with Crippen molar-refractivity contribution in [3.8, 4) is 6.07 Å². The van der Waals surface area contributed by atoms with Crippen molar-refractivity contribution in [1.29, 1.82) is 5.26 Å². The smallest absolute Gasteiger partial charge is 0.411 e. The van der Waals surface area contributed by atoms with Crippen molar-refractivity contribution < 1.29 is 14.3 Å².